The Bertz CT molecular complexity index is 1000. The van der Waals surface area contributed by atoms with Crippen molar-refractivity contribution in [1.82, 2.24) is 19.7 Å². The first kappa shape index (κ1) is 16.7. The summed E-state index contributed by atoms with van der Waals surface area (Å²) in [5.74, 6) is -0.116. The maximum atomic E-state index is 12.5. The molecule has 1 fully saturated rings. The van der Waals surface area contributed by atoms with Crippen molar-refractivity contribution >= 4 is 17.0 Å². The molecular weight excluding hydrogens is 342 g/mol. The number of nitrogens with two attached hydrogens (primary N) is 1. The molecule has 4 atom stereocenters. The van der Waals surface area contributed by atoms with Gasteiger partial charge in [-0.05, 0) is 0 Å². The Labute approximate surface area is 146 Å². The van der Waals surface area contributed by atoms with Crippen molar-refractivity contribution in [2.45, 2.75) is 24.5 Å². The smallest absolute Gasteiger partial charge is 0.264 e. The topological polar surface area (TPSA) is 160 Å². The van der Waals surface area contributed by atoms with Gasteiger partial charge in [0.05, 0.1) is 6.61 Å². The largest absolute Gasteiger partial charge is 0.394 e. The molecule has 10 heteroatoms. The molecule has 4 rings (SSSR count). The number of aliphatic hydroxyl groups is 3. The fourth-order valence-corrected chi connectivity index (χ4v) is 3.12. The number of nitrogens with one attached hydrogen (secondary N) is 1. The van der Waals surface area contributed by atoms with Crippen LogP contribution in [0.1, 0.15) is 6.23 Å². The number of aromatic amines is 1. The van der Waals surface area contributed by atoms with Gasteiger partial charge in [0.25, 0.3) is 5.56 Å². The van der Waals surface area contributed by atoms with Crippen LogP contribution in [0, 0.1) is 0 Å². The summed E-state index contributed by atoms with van der Waals surface area (Å²) in [6.45, 7) is -0.477. The molecule has 0 saturated carbocycles. The fourth-order valence-electron chi connectivity index (χ4n) is 3.12. The van der Waals surface area contributed by atoms with E-state index in [2.05, 4.69) is 15.1 Å². The van der Waals surface area contributed by atoms with E-state index in [9.17, 15) is 20.1 Å². The van der Waals surface area contributed by atoms with Crippen molar-refractivity contribution in [3.63, 3.8) is 0 Å². The van der Waals surface area contributed by atoms with Gasteiger partial charge in [-0.25, -0.2) is 4.68 Å². The number of benzene rings is 1. The molecule has 1 aliphatic heterocycles. The van der Waals surface area contributed by atoms with E-state index in [0.29, 0.717) is 11.3 Å². The van der Waals surface area contributed by atoms with Crippen molar-refractivity contribution in [1.29, 1.82) is 0 Å². The second-order valence-corrected chi connectivity index (χ2v) is 6.04. The third-order valence-electron chi connectivity index (χ3n) is 4.39. The maximum absolute atomic E-state index is 12.5. The number of nitrogen functional groups attached to an aromatic ring is 1. The lowest BCUT2D eigenvalue weighted by atomic mass is 10.1. The Morgan fingerprint density at radius 3 is 2.62 bits per heavy atom. The van der Waals surface area contributed by atoms with Crippen molar-refractivity contribution in [2.75, 3.05) is 12.3 Å². The Morgan fingerprint density at radius 2 is 1.96 bits per heavy atom. The average molecular weight is 359 g/mol. The first-order chi connectivity index (χ1) is 12.5. The van der Waals surface area contributed by atoms with Gasteiger partial charge in [-0.15, -0.1) is 0 Å². The van der Waals surface area contributed by atoms with E-state index in [1.54, 1.807) is 24.3 Å². The van der Waals surface area contributed by atoms with Crippen molar-refractivity contribution in [3.8, 4) is 11.3 Å². The van der Waals surface area contributed by atoms with Crippen molar-refractivity contribution in [2.24, 2.45) is 0 Å². The van der Waals surface area contributed by atoms with Crippen LogP contribution in [0.5, 0.6) is 0 Å². The molecule has 136 valence electrons. The van der Waals surface area contributed by atoms with E-state index in [1.807, 2.05) is 6.07 Å². The SMILES string of the molecule is Nc1nc2c(c(-c3ccccc3)nn2[C@@H]2O[C@H](CO)[C@@H](O)[C@H]2O)c(=O)[nH]1. The van der Waals surface area contributed by atoms with E-state index < -0.39 is 36.7 Å². The van der Waals surface area contributed by atoms with E-state index in [4.69, 9.17) is 10.5 Å². The molecule has 10 nitrogen and oxygen atoms in total. The number of H-pyrrole nitrogens is 1. The summed E-state index contributed by atoms with van der Waals surface area (Å²) in [6.07, 6.45) is -4.77. The Hall–Kier alpha value is -2.79. The zero-order valence-electron chi connectivity index (χ0n) is 13.5. The molecule has 0 amide bonds. The Kier molecular flexibility index (Phi) is 3.96. The minimum absolute atomic E-state index is 0.111. The molecule has 0 spiro atoms. The molecule has 0 bridgehead atoms. The third kappa shape index (κ3) is 2.47. The van der Waals surface area contributed by atoms with Crippen LogP contribution in [-0.4, -0.2) is 60.0 Å². The monoisotopic (exact) mass is 359 g/mol. The number of ether oxygens (including phenoxy) is 1. The number of hydrogen-bond donors (Lipinski definition) is 5. The molecule has 26 heavy (non-hydrogen) atoms. The highest BCUT2D eigenvalue weighted by Gasteiger charge is 2.45. The predicted molar refractivity (Wildman–Crippen MR) is 91.0 cm³/mol. The lowest BCUT2D eigenvalue weighted by molar-refractivity contribution is -0.0565. The van der Waals surface area contributed by atoms with Crippen LogP contribution in [0.15, 0.2) is 35.1 Å². The molecule has 1 saturated heterocycles. The van der Waals surface area contributed by atoms with E-state index in [0.717, 1.165) is 0 Å². The molecular formula is C16H17N5O5. The predicted octanol–water partition coefficient (Wildman–Crippen LogP) is -1.02. The van der Waals surface area contributed by atoms with Gasteiger partial charge < -0.3 is 25.8 Å². The summed E-state index contributed by atoms with van der Waals surface area (Å²) in [6, 6.07) is 8.98. The summed E-state index contributed by atoms with van der Waals surface area (Å²) < 4.78 is 6.73. The van der Waals surface area contributed by atoms with Gasteiger partial charge in [-0.2, -0.15) is 10.1 Å². The number of aromatic nitrogens is 4. The second-order valence-electron chi connectivity index (χ2n) is 6.04. The van der Waals surface area contributed by atoms with Crippen LogP contribution in [0.3, 0.4) is 0 Å². The number of hydrogen-bond acceptors (Lipinski definition) is 8. The van der Waals surface area contributed by atoms with Gasteiger partial charge in [0.15, 0.2) is 11.9 Å². The van der Waals surface area contributed by atoms with Crippen LogP contribution in [0.2, 0.25) is 0 Å². The zero-order valence-corrected chi connectivity index (χ0v) is 13.5. The van der Waals surface area contributed by atoms with Crippen molar-refractivity contribution in [3.05, 3.63) is 40.7 Å². The Morgan fingerprint density at radius 1 is 1.23 bits per heavy atom. The van der Waals surface area contributed by atoms with Gasteiger partial charge in [0, 0.05) is 5.56 Å². The lowest BCUT2D eigenvalue weighted by Crippen LogP contribution is -2.33. The normalized spacial score (nSPS) is 25.8. The molecule has 1 aliphatic rings. The quantitative estimate of drug-likeness (QED) is 0.397. The highest BCUT2D eigenvalue weighted by molar-refractivity contribution is 5.90. The van der Waals surface area contributed by atoms with Crippen LogP contribution >= 0.6 is 0 Å². The number of aliphatic hydroxyl groups excluding tert-OH is 3. The molecule has 2 aromatic heterocycles. The molecule has 3 aromatic rings. The highest BCUT2D eigenvalue weighted by atomic mass is 16.6. The zero-order chi connectivity index (χ0) is 18.4. The van der Waals surface area contributed by atoms with Crippen LogP contribution in [0.4, 0.5) is 5.95 Å². The van der Waals surface area contributed by atoms with Crippen molar-refractivity contribution < 1.29 is 20.1 Å². The van der Waals surface area contributed by atoms with Crippen LogP contribution < -0.4 is 11.3 Å². The minimum Gasteiger partial charge on any atom is -0.394 e. The van der Waals surface area contributed by atoms with Gasteiger partial charge in [-0.3, -0.25) is 9.78 Å². The first-order valence-corrected chi connectivity index (χ1v) is 7.97. The van der Waals surface area contributed by atoms with Gasteiger partial charge in [0.2, 0.25) is 5.95 Å². The minimum atomic E-state index is -1.36. The highest BCUT2D eigenvalue weighted by Crippen LogP contribution is 2.33. The van der Waals surface area contributed by atoms with Gasteiger partial charge in [0.1, 0.15) is 29.4 Å². The molecule has 3 heterocycles. The van der Waals surface area contributed by atoms with E-state index >= 15 is 0 Å². The number of fused-ring (bicyclic) bond motifs is 1. The standard InChI is InChI=1S/C16H17N5O5/c17-16-18-13-9(14(25)19-16)10(7-4-2-1-3-5-7)20-21(13)15-12(24)11(23)8(6-22)26-15/h1-5,8,11-12,15,22-24H,6H2,(H3,17,18,19,25)/t8-,11-,12-,15-/m1/s1. The van der Waals surface area contributed by atoms with E-state index in [1.165, 1.54) is 4.68 Å². The second kappa shape index (κ2) is 6.18. The number of anilines is 1. The Balaban J connectivity index is 1.95. The summed E-state index contributed by atoms with van der Waals surface area (Å²) >= 11 is 0. The molecule has 0 radical (unpaired) electrons. The summed E-state index contributed by atoms with van der Waals surface area (Å²) in [7, 11) is 0. The summed E-state index contributed by atoms with van der Waals surface area (Å²) in [5.41, 5.74) is 6.29. The molecule has 1 aromatic carbocycles. The number of nitrogens with zero attached hydrogens (tertiary/aromatic N) is 3. The van der Waals surface area contributed by atoms with Gasteiger partial charge >= 0.3 is 0 Å². The summed E-state index contributed by atoms with van der Waals surface area (Å²) in [4.78, 5) is 19.0. The van der Waals surface area contributed by atoms with Crippen LogP contribution in [0.25, 0.3) is 22.3 Å². The third-order valence-corrected chi connectivity index (χ3v) is 4.39. The first-order valence-electron chi connectivity index (χ1n) is 7.97. The maximum Gasteiger partial charge on any atom is 0.264 e. The lowest BCUT2D eigenvalue weighted by Gasteiger charge is -2.15. The summed E-state index contributed by atoms with van der Waals surface area (Å²) in [5, 5.41) is 34.2. The molecule has 6 N–H and O–H groups in total. The molecule has 0 unspecified atom stereocenters. The fraction of sp³-hybridized carbons (Fsp3) is 0.312. The van der Waals surface area contributed by atoms with Crippen LogP contribution in [-0.2, 0) is 4.74 Å². The average Bonchev–Trinajstić information content (AvgIpc) is 3.14. The number of rotatable bonds is 3. The van der Waals surface area contributed by atoms with Gasteiger partial charge in [-0.1, -0.05) is 30.3 Å². The van der Waals surface area contributed by atoms with E-state index in [-0.39, 0.29) is 17.0 Å². The molecule has 0 aliphatic carbocycles.